The highest BCUT2D eigenvalue weighted by atomic mass is 127. The van der Waals surface area contributed by atoms with Crippen molar-refractivity contribution in [1.82, 2.24) is 0 Å². The zero-order valence-electron chi connectivity index (χ0n) is 9.21. The van der Waals surface area contributed by atoms with E-state index in [0.29, 0.717) is 5.75 Å². The third-order valence-corrected chi connectivity index (χ3v) is 3.75. The quantitative estimate of drug-likeness (QED) is 0.801. The second-order valence-corrected chi connectivity index (χ2v) is 5.05. The zero-order valence-corrected chi connectivity index (χ0v) is 11.4. The fraction of sp³-hybridized carbons (Fsp3) is 0.417. The average molecular weight is 329 g/mol. The van der Waals surface area contributed by atoms with Crippen molar-refractivity contribution in [2.75, 3.05) is 14.2 Å². The van der Waals surface area contributed by atoms with E-state index in [1.807, 2.05) is 12.1 Å². The molecule has 0 saturated heterocycles. The summed E-state index contributed by atoms with van der Waals surface area (Å²) in [6.45, 7) is 0. The monoisotopic (exact) mass is 329 g/mol. The Morgan fingerprint density at radius 3 is 2.44 bits per heavy atom. The molecule has 0 bridgehead atoms. The topological polar surface area (TPSA) is 42.2 Å². The summed E-state index contributed by atoms with van der Waals surface area (Å²) in [6.07, 6.45) is 1.88. The minimum absolute atomic E-state index is 0.278. The van der Waals surface area contributed by atoms with E-state index in [4.69, 9.17) is 14.7 Å². The van der Waals surface area contributed by atoms with Gasteiger partial charge in [-0.15, -0.1) is 0 Å². The highest BCUT2D eigenvalue weighted by molar-refractivity contribution is 14.1. The van der Waals surface area contributed by atoms with Gasteiger partial charge in [0.15, 0.2) is 11.5 Å². The molecule has 1 aliphatic carbocycles. The second kappa shape index (κ2) is 4.13. The van der Waals surface area contributed by atoms with Crippen molar-refractivity contribution < 1.29 is 9.47 Å². The van der Waals surface area contributed by atoms with Gasteiger partial charge in [0, 0.05) is 0 Å². The number of hydrogen-bond donors (Lipinski definition) is 0. The van der Waals surface area contributed by atoms with Crippen molar-refractivity contribution >= 4 is 22.6 Å². The van der Waals surface area contributed by atoms with Gasteiger partial charge in [0.25, 0.3) is 0 Å². The lowest BCUT2D eigenvalue weighted by atomic mass is 9.97. The van der Waals surface area contributed by atoms with Gasteiger partial charge in [-0.3, -0.25) is 0 Å². The van der Waals surface area contributed by atoms with Gasteiger partial charge in [-0.25, -0.2) is 0 Å². The first-order chi connectivity index (χ1) is 7.66. The second-order valence-electron chi connectivity index (χ2n) is 3.89. The summed E-state index contributed by atoms with van der Waals surface area (Å²) in [7, 11) is 3.24. The average Bonchev–Trinajstić information content (AvgIpc) is 3.08. The number of rotatable bonds is 3. The van der Waals surface area contributed by atoms with Crippen LogP contribution in [0.5, 0.6) is 11.5 Å². The smallest absolute Gasteiger partial charge is 0.174 e. The molecule has 1 aromatic carbocycles. The number of ether oxygens (including phenoxy) is 2. The predicted molar refractivity (Wildman–Crippen MR) is 68.8 cm³/mol. The third-order valence-electron chi connectivity index (χ3n) is 2.95. The molecule has 0 N–H and O–H groups in total. The number of hydrogen-bond acceptors (Lipinski definition) is 3. The molecule has 1 aromatic rings. The molecular formula is C12H12INO2. The molecule has 0 amide bonds. The Morgan fingerprint density at radius 2 is 2.00 bits per heavy atom. The molecule has 4 heteroatoms. The van der Waals surface area contributed by atoms with Gasteiger partial charge in [-0.05, 0) is 53.1 Å². The van der Waals surface area contributed by atoms with E-state index >= 15 is 0 Å². The molecule has 0 atom stereocenters. The van der Waals surface area contributed by atoms with Crippen LogP contribution in [0.2, 0.25) is 0 Å². The van der Waals surface area contributed by atoms with Crippen molar-refractivity contribution in [3.8, 4) is 17.6 Å². The fourth-order valence-corrected chi connectivity index (χ4v) is 2.61. The van der Waals surface area contributed by atoms with Crippen LogP contribution in [0.15, 0.2) is 12.1 Å². The number of nitrogens with zero attached hydrogens (tertiary/aromatic N) is 1. The van der Waals surface area contributed by atoms with Crippen LogP contribution in [0.25, 0.3) is 0 Å². The van der Waals surface area contributed by atoms with Crippen LogP contribution in [0.4, 0.5) is 0 Å². The maximum Gasteiger partial charge on any atom is 0.174 e. The predicted octanol–water partition coefficient (Wildman–Crippen LogP) is 2.86. The Bertz CT molecular complexity index is 461. The molecule has 0 heterocycles. The molecule has 0 unspecified atom stereocenters. The largest absolute Gasteiger partial charge is 0.493 e. The molecule has 0 aromatic heterocycles. The highest BCUT2D eigenvalue weighted by Crippen LogP contribution is 2.50. The number of methoxy groups -OCH3 is 2. The molecule has 2 rings (SSSR count). The van der Waals surface area contributed by atoms with Crippen LogP contribution in [0.1, 0.15) is 18.4 Å². The molecule has 1 aliphatic rings. The van der Waals surface area contributed by atoms with E-state index in [1.165, 1.54) is 0 Å². The van der Waals surface area contributed by atoms with E-state index in [0.717, 1.165) is 27.7 Å². The standard InChI is InChI=1S/C12H12INO2/c1-15-10-6-8(12(7-14)3-4-12)5-9(13)11(10)16-2/h5-6H,3-4H2,1-2H3. The van der Waals surface area contributed by atoms with Gasteiger partial charge in [0.05, 0.1) is 29.3 Å². The van der Waals surface area contributed by atoms with Gasteiger partial charge in [0.2, 0.25) is 0 Å². The molecular weight excluding hydrogens is 317 g/mol. The SMILES string of the molecule is COc1cc(C2(C#N)CC2)cc(I)c1OC. The van der Waals surface area contributed by atoms with Crippen molar-refractivity contribution in [1.29, 1.82) is 5.26 Å². The minimum Gasteiger partial charge on any atom is -0.493 e. The molecule has 1 saturated carbocycles. The summed E-state index contributed by atoms with van der Waals surface area (Å²) in [5.74, 6) is 1.44. The lowest BCUT2D eigenvalue weighted by molar-refractivity contribution is 0.352. The maximum absolute atomic E-state index is 9.17. The van der Waals surface area contributed by atoms with E-state index in [-0.39, 0.29) is 5.41 Å². The first-order valence-corrected chi connectivity index (χ1v) is 6.08. The first kappa shape index (κ1) is 11.5. The zero-order chi connectivity index (χ0) is 11.8. The first-order valence-electron chi connectivity index (χ1n) is 5.00. The fourth-order valence-electron chi connectivity index (χ4n) is 1.78. The summed E-state index contributed by atoms with van der Waals surface area (Å²) >= 11 is 2.20. The van der Waals surface area contributed by atoms with E-state index in [1.54, 1.807) is 14.2 Å². The van der Waals surface area contributed by atoms with Crippen LogP contribution in [-0.2, 0) is 5.41 Å². The van der Waals surface area contributed by atoms with Gasteiger partial charge >= 0.3 is 0 Å². The van der Waals surface area contributed by atoms with Crippen molar-refractivity contribution in [3.63, 3.8) is 0 Å². The third kappa shape index (κ3) is 1.73. The van der Waals surface area contributed by atoms with Gasteiger partial charge in [0.1, 0.15) is 0 Å². The lowest BCUT2D eigenvalue weighted by Crippen LogP contribution is -2.04. The van der Waals surface area contributed by atoms with E-state index in [2.05, 4.69) is 28.7 Å². The van der Waals surface area contributed by atoms with E-state index < -0.39 is 0 Å². The molecule has 0 spiro atoms. The maximum atomic E-state index is 9.17. The number of benzene rings is 1. The molecule has 3 nitrogen and oxygen atoms in total. The highest BCUT2D eigenvalue weighted by Gasteiger charge is 2.45. The van der Waals surface area contributed by atoms with Crippen molar-refractivity contribution in [2.45, 2.75) is 18.3 Å². The lowest BCUT2D eigenvalue weighted by Gasteiger charge is -2.14. The molecule has 1 fully saturated rings. The van der Waals surface area contributed by atoms with Crippen molar-refractivity contribution in [3.05, 3.63) is 21.3 Å². The molecule has 16 heavy (non-hydrogen) atoms. The normalized spacial score (nSPS) is 16.4. The number of halogens is 1. The minimum atomic E-state index is -0.278. The molecule has 0 aliphatic heterocycles. The number of nitriles is 1. The summed E-state index contributed by atoms with van der Waals surface area (Å²) in [5, 5.41) is 9.17. The summed E-state index contributed by atoms with van der Waals surface area (Å²) in [5.41, 5.74) is 0.761. The molecule has 84 valence electrons. The molecule has 0 radical (unpaired) electrons. The Hall–Kier alpha value is -0.960. The summed E-state index contributed by atoms with van der Waals surface area (Å²) < 4.78 is 11.5. The Balaban J connectivity index is 2.51. The van der Waals surface area contributed by atoms with Gasteiger partial charge in [-0.2, -0.15) is 5.26 Å². The van der Waals surface area contributed by atoms with Crippen LogP contribution < -0.4 is 9.47 Å². The van der Waals surface area contributed by atoms with Gasteiger partial charge < -0.3 is 9.47 Å². The van der Waals surface area contributed by atoms with Crippen LogP contribution in [0, 0.1) is 14.9 Å². The Kier molecular flexibility index (Phi) is 2.98. The summed E-state index contributed by atoms with van der Waals surface area (Å²) in [6, 6.07) is 6.31. The van der Waals surface area contributed by atoms with E-state index in [9.17, 15) is 0 Å². The Labute approximate surface area is 108 Å². The summed E-state index contributed by atoms with van der Waals surface area (Å²) in [4.78, 5) is 0. The van der Waals surface area contributed by atoms with Crippen molar-refractivity contribution in [2.24, 2.45) is 0 Å². The van der Waals surface area contributed by atoms with Crippen LogP contribution >= 0.6 is 22.6 Å². The van der Waals surface area contributed by atoms with Crippen LogP contribution in [0.3, 0.4) is 0 Å². The van der Waals surface area contributed by atoms with Gasteiger partial charge in [-0.1, -0.05) is 0 Å². The Morgan fingerprint density at radius 1 is 1.31 bits per heavy atom. The van der Waals surface area contributed by atoms with Crippen LogP contribution in [-0.4, -0.2) is 14.2 Å².